The van der Waals surface area contributed by atoms with Gasteiger partial charge in [0.25, 0.3) is 5.91 Å². The summed E-state index contributed by atoms with van der Waals surface area (Å²) in [5, 5.41) is 3.28. The maximum Gasteiger partial charge on any atom is 0.255 e. The van der Waals surface area contributed by atoms with Crippen LogP contribution in [0.15, 0.2) is 71.6 Å². The van der Waals surface area contributed by atoms with Gasteiger partial charge in [-0.2, -0.15) is 0 Å². The Bertz CT molecular complexity index is 1150. The molecule has 0 aliphatic carbocycles. The third-order valence-electron chi connectivity index (χ3n) is 4.02. The topological polar surface area (TPSA) is 75.3 Å². The first-order valence-corrected chi connectivity index (χ1v) is 10.6. The summed E-state index contributed by atoms with van der Waals surface area (Å²) in [6, 6.07) is 16.1. The quantitative estimate of drug-likeness (QED) is 0.560. The van der Waals surface area contributed by atoms with Gasteiger partial charge >= 0.3 is 0 Å². The summed E-state index contributed by atoms with van der Waals surface area (Å²) in [7, 11) is -3.98. The summed E-state index contributed by atoms with van der Waals surface area (Å²) in [6.45, 7) is -0.0430. The van der Waals surface area contributed by atoms with Gasteiger partial charge in [0.05, 0.1) is 10.6 Å². The van der Waals surface area contributed by atoms with E-state index in [4.69, 9.17) is 23.2 Å². The fourth-order valence-electron chi connectivity index (χ4n) is 2.46. The van der Waals surface area contributed by atoms with Crippen LogP contribution in [0, 0.1) is 5.82 Å². The number of hydrogen-bond donors (Lipinski definition) is 2. The lowest BCUT2D eigenvalue weighted by Gasteiger charge is -2.11. The summed E-state index contributed by atoms with van der Waals surface area (Å²) < 4.78 is 41.6. The van der Waals surface area contributed by atoms with E-state index in [1.807, 2.05) is 0 Å². The molecule has 0 aromatic heterocycles. The molecular weight excluding hydrogens is 438 g/mol. The van der Waals surface area contributed by atoms with Crippen molar-refractivity contribution in [2.24, 2.45) is 0 Å². The molecule has 0 unspecified atom stereocenters. The summed E-state index contributed by atoms with van der Waals surface area (Å²) >= 11 is 11.8. The Kier molecular flexibility index (Phi) is 6.54. The standard InChI is InChI=1S/C20H15Cl2FN2O3S/c21-15-7-5-13(6-8-15)20(26)25-19-10-9-16(11-18(19)23)29(27,28)24-12-14-3-1-2-4-17(14)22/h1-11,24H,12H2,(H,25,26). The Labute approximate surface area is 177 Å². The molecule has 0 aliphatic rings. The van der Waals surface area contributed by atoms with E-state index in [0.29, 0.717) is 15.6 Å². The molecule has 0 radical (unpaired) electrons. The summed E-state index contributed by atoms with van der Waals surface area (Å²) in [5.41, 5.74) is 0.729. The van der Waals surface area contributed by atoms with Crippen molar-refractivity contribution < 1.29 is 17.6 Å². The van der Waals surface area contributed by atoms with Gasteiger partial charge in [-0.3, -0.25) is 4.79 Å². The molecule has 0 saturated carbocycles. The summed E-state index contributed by atoms with van der Waals surface area (Å²) in [6.07, 6.45) is 0. The van der Waals surface area contributed by atoms with Crippen LogP contribution in [-0.2, 0) is 16.6 Å². The molecule has 3 aromatic rings. The lowest BCUT2D eigenvalue weighted by atomic mass is 10.2. The van der Waals surface area contributed by atoms with E-state index in [2.05, 4.69) is 10.0 Å². The predicted octanol–water partition coefficient (Wildman–Crippen LogP) is 4.86. The zero-order valence-corrected chi connectivity index (χ0v) is 17.2. The summed E-state index contributed by atoms with van der Waals surface area (Å²) in [5.74, 6) is -1.43. The van der Waals surface area contributed by atoms with Gasteiger partial charge in [0, 0.05) is 22.2 Å². The second kappa shape index (κ2) is 8.92. The van der Waals surface area contributed by atoms with Crippen LogP contribution in [0.5, 0.6) is 0 Å². The van der Waals surface area contributed by atoms with Crippen molar-refractivity contribution in [1.82, 2.24) is 4.72 Å². The van der Waals surface area contributed by atoms with Crippen molar-refractivity contribution in [2.75, 3.05) is 5.32 Å². The third kappa shape index (κ3) is 5.33. The van der Waals surface area contributed by atoms with E-state index < -0.39 is 21.7 Å². The van der Waals surface area contributed by atoms with E-state index in [0.717, 1.165) is 6.07 Å². The highest BCUT2D eigenvalue weighted by molar-refractivity contribution is 7.89. The first-order valence-electron chi connectivity index (χ1n) is 8.36. The van der Waals surface area contributed by atoms with Crippen LogP contribution in [0.4, 0.5) is 10.1 Å². The first kappa shape index (κ1) is 21.3. The van der Waals surface area contributed by atoms with Gasteiger partial charge in [0.2, 0.25) is 10.0 Å². The minimum atomic E-state index is -3.98. The maximum absolute atomic E-state index is 14.4. The second-order valence-corrected chi connectivity index (χ2v) is 8.63. The van der Waals surface area contributed by atoms with Gasteiger partial charge < -0.3 is 5.32 Å². The van der Waals surface area contributed by atoms with Crippen LogP contribution in [0.1, 0.15) is 15.9 Å². The molecule has 9 heteroatoms. The third-order valence-corrected chi connectivity index (χ3v) is 6.04. The normalized spacial score (nSPS) is 11.3. The molecule has 0 spiro atoms. The Morgan fingerprint density at radius 2 is 1.66 bits per heavy atom. The zero-order chi connectivity index (χ0) is 21.0. The van der Waals surface area contributed by atoms with Crippen LogP contribution in [0.3, 0.4) is 0 Å². The van der Waals surface area contributed by atoms with Crippen molar-refractivity contribution in [2.45, 2.75) is 11.4 Å². The van der Waals surface area contributed by atoms with Crippen LogP contribution in [-0.4, -0.2) is 14.3 Å². The number of nitrogens with one attached hydrogen (secondary N) is 2. The predicted molar refractivity (Wildman–Crippen MR) is 111 cm³/mol. The molecule has 150 valence electrons. The second-order valence-electron chi connectivity index (χ2n) is 6.02. The fraction of sp³-hybridized carbons (Fsp3) is 0.0500. The minimum Gasteiger partial charge on any atom is -0.319 e. The SMILES string of the molecule is O=C(Nc1ccc(S(=O)(=O)NCc2ccccc2Cl)cc1F)c1ccc(Cl)cc1. The molecule has 3 aromatic carbocycles. The van der Waals surface area contributed by atoms with Crippen molar-refractivity contribution in [3.05, 3.63) is 93.7 Å². The van der Waals surface area contributed by atoms with E-state index in [-0.39, 0.29) is 22.7 Å². The van der Waals surface area contributed by atoms with Crippen LogP contribution < -0.4 is 10.0 Å². The molecule has 1 amide bonds. The Balaban J connectivity index is 1.73. The lowest BCUT2D eigenvalue weighted by Crippen LogP contribution is -2.23. The lowest BCUT2D eigenvalue weighted by molar-refractivity contribution is 0.102. The van der Waals surface area contributed by atoms with E-state index >= 15 is 0 Å². The molecule has 3 rings (SSSR count). The van der Waals surface area contributed by atoms with Gasteiger partial charge in [0.15, 0.2) is 0 Å². The number of amides is 1. The molecule has 0 saturated heterocycles. The number of hydrogen-bond acceptors (Lipinski definition) is 3. The van der Waals surface area contributed by atoms with Crippen molar-refractivity contribution in [3.63, 3.8) is 0 Å². The molecule has 0 atom stereocenters. The van der Waals surface area contributed by atoms with Gasteiger partial charge in [-0.1, -0.05) is 41.4 Å². The first-order chi connectivity index (χ1) is 13.8. The largest absolute Gasteiger partial charge is 0.319 e. The zero-order valence-electron chi connectivity index (χ0n) is 14.8. The maximum atomic E-state index is 14.4. The number of benzene rings is 3. The minimum absolute atomic E-state index is 0.0430. The van der Waals surface area contributed by atoms with Gasteiger partial charge in [-0.25, -0.2) is 17.5 Å². The average molecular weight is 453 g/mol. The van der Waals surface area contributed by atoms with Crippen LogP contribution >= 0.6 is 23.2 Å². The highest BCUT2D eigenvalue weighted by atomic mass is 35.5. The number of carbonyl (C=O) groups excluding carboxylic acids is 1. The Hall–Kier alpha value is -2.45. The van der Waals surface area contributed by atoms with Crippen LogP contribution in [0.2, 0.25) is 10.0 Å². The molecule has 0 aliphatic heterocycles. The molecule has 5 nitrogen and oxygen atoms in total. The monoisotopic (exact) mass is 452 g/mol. The molecule has 0 heterocycles. The summed E-state index contributed by atoms with van der Waals surface area (Å²) in [4.78, 5) is 11.9. The Morgan fingerprint density at radius 3 is 2.31 bits per heavy atom. The molecular formula is C20H15Cl2FN2O3S. The number of carbonyl (C=O) groups is 1. The van der Waals surface area contributed by atoms with Crippen molar-refractivity contribution >= 4 is 44.8 Å². The number of sulfonamides is 1. The van der Waals surface area contributed by atoms with Gasteiger partial charge in [-0.05, 0) is 54.1 Å². The van der Waals surface area contributed by atoms with E-state index in [1.165, 1.54) is 36.4 Å². The van der Waals surface area contributed by atoms with Crippen molar-refractivity contribution in [1.29, 1.82) is 0 Å². The van der Waals surface area contributed by atoms with E-state index in [9.17, 15) is 17.6 Å². The molecule has 0 bridgehead atoms. The van der Waals surface area contributed by atoms with Gasteiger partial charge in [0.1, 0.15) is 5.82 Å². The highest BCUT2D eigenvalue weighted by Gasteiger charge is 2.18. The van der Waals surface area contributed by atoms with E-state index in [1.54, 1.807) is 24.3 Å². The molecule has 2 N–H and O–H groups in total. The highest BCUT2D eigenvalue weighted by Crippen LogP contribution is 2.21. The fourth-order valence-corrected chi connectivity index (χ4v) is 3.80. The number of anilines is 1. The molecule has 29 heavy (non-hydrogen) atoms. The van der Waals surface area contributed by atoms with Gasteiger partial charge in [-0.15, -0.1) is 0 Å². The average Bonchev–Trinajstić information content (AvgIpc) is 2.69. The molecule has 0 fully saturated rings. The number of halogens is 3. The van der Waals surface area contributed by atoms with Crippen LogP contribution in [0.25, 0.3) is 0 Å². The Morgan fingerprint density at radius 1 is 0.966 bits per heavy atom. The van der Waals surface area contributed by atoms with Crippen molar-refractivity contribution in [3.8, 4) is 0 Å². The smallest absolute Gasteiger partial charge is 0.255 e. The number of rotatable bonds is 6.